The molecule has 4 N–H and O–H groups in total. The molecular formula is C9H8INO4. The molecule has 1 atom stereocenters. The average molecular weight is 321 g/mol. The van der Waals surface area contributed by atoms with E-state index in [1.54, 1.807) is 0 Å². The van der Waals surface area contributed by atoms with Crippen molar-refractivity contribution in [1.29, 1.82) is 0 Å². The Kier molecular flexibility index (Phi) is 3.64. The van der Waals surface area contributed by atoms with Gasteiger partial charge in [-0.05, 0) is 40.3 Å². The Morgan fingerprint density at radius 2 is 1.93 bits per heavy atom. The van der Waals surface area contributed by atoms with Crippen molar-refractivity contribution in [3.05, 3.63) is 32.9 Å². The van der Waals surface area contributed by atoms with Gasteiger partial charge < -0.3 is 15.9 Å². The zero-order valence-corrected chi connectivity index (χ0v) is 9.63. The molecule has 0 heterocycles. The Bertz CT molecular complexity index is 419. The summed E-state index contributed by atoms with van der Waals surface area (Å²) in [5.74, 6) is -2.20. The molecular weight excluding hydrogens is 313 g/mol. The van der Waals surface area contributed by atoms with Gasteiger partial charge in [0.1, 0.15) is 6.04 Å². The van der Waals surface area contributed by atoms with Gasteiger partial charge in [0.25, 0.3) is 0 Å². The number of hydrogen-bond acceptors (Lipinski definition) is 3. The van der Waals surface area contributed by atoms with Crippen molar-refractivity contribution in [1.82, 2.24) is 0 Å². The molecule has 0 aliphatic heterocycles. The molecule has 0 aliphatic rings. The number of aromatic carboxylic acids is 1. The summed E-state index contributed by atoms with van der Waals surface area (Å²) in [7, 11) is 0. The van der Waals surface area contributed by atoms with Crippen LogP contribution in [0.5, 0.6) is 0 Å². The second-order valence-electron chi connectivity index (χ2n) is 2.86. The van der Waals surface area contributed by atoms with Crippen LogP contribution in [0.15, 0.2) is 18.2 Å². The summed E-state index contributed by atoms with van der Waals surface area (Å²) < 4.78 is 0.530. The first-order valence-corrected chi connectivity index (χ1v) is 5.02. The Balaban J connectivity index is 3.13. The van der Waals surface area contributed by atoms with E-state index < -0.39 is 18.0 Å². The fourth-order valence-electron chi connectivity index (χ4n) is 1.05. The molecule has 1 aromatic carbocycles. The molecule has 1 aromatic rings. The Morgan fingerprint density at radius 1 is 1.33 bits per heavy atom. The van der Waals surface area contributed by atoms with E-state index in [2.05, 4.69) is 0 Å². The monoisotopic (exact) mass is 321 g/mol. The summed E-state index contributed by atoms with van der Waals surface area (Å²) in [4.78, 5) is 21.2. The van der Waals surface area contributed by atoms with Gasteiger partial charge in [-0.25, -0.2) is 4.79 Å². The van der Waals surface area contributed by atoms with E-state index in [-0.39, 0.29) is 5.56 Å². The second-order valence-corrected chi connectivity index (χ2v) is 4.02. The molecule has 0 saturated heterocycles. The van der Waals surface area contributed by atoms with Crippen LogP contribution in [0.3, 0.4) is 0 Å². The van der Waals surface area contributed by atoms with Crippen LogP contribution in [0.1, 0.15) is 22.0 Å². The van der Waals surface area contributed by atoms with Crippen LogP contribution in [-0.4, -0.2) is 22.2 Å². The number of nitrogens with two attached hydrogens (primary N) is 1. The van der Waals surface area contributed by atoms with Crippen LogP contribution < -0.4 is 5.73 Å². The number of hydrogen-bond donors (Lipinski definition) is 3. The number of carbonyl (C=O) groups is 2. The topological polar surface area (TPSA) is 101 Å². The third-order valence-corrected chi connectivity index (χ3v) is 2.78. The first kappa shape index (κ1) is 11.9. The number of benzene rings is 1. The highest BCUT2D eigenvalue weighted by Crippen LogP contribution is 2.20. The fourth-order valence-corrected chi connectivity index (χ4v) is 1.90. The lowest BCUT2D eigenvalue weighted by atomic mass is 10.1. The third kappa shape index (κ3) is 2.66. The number of rotatable bonds is 3. The van der Waals surface area contributed by atoms with E-state index >= 15 is 0 Å². The Hall–Kier alpha value is -1.15. The zero-order chi connectivity index (χ0) is 11.6. The minimum absolute atomic E-state index is 0.112. The van der Waals surface area contributed by atoms with E-state index in [0.717, 1.165) is 0 Å². The first-order chi connectivity index (χ1) is 6.93. The van der Waals surface area contributed by atoms with Crippen LogP contribution in [-0.2, 0) is 4.79 Å². The third-order valence-electron chi connectivity index (χ3n) is 1.85. The summed E-state index contributed by atoms with van der Waals surface area (Å²) in [6, 6.07) is 3.02. The highest BCUT2D eigenvalue weighted by molar-refractivity contribution is 14.1. The second kappa shape index (κ2) is 4.58. The van der Waals surface area contributed by atoms with Crippen LogP contribution in [0, 0.1) is 3.57 Å². The average Bonchev–Trinajstić information content (AvgIpc) is 2.16. The minimum Gasteiger partial charge on any atom is -0.480 e. The molecule has 0 radical (unpaired) electrons. The molecule has 6 heteroatoms. The van der Waals surface area contributed by atoms with Crippen molar-refractivity contribution in [2.45, 2.75) is 6.04 Å². The lowest BCUT2D eigenvalue weighted by Crippen LogP contribution is -2.21. The van der Waals surface area contributed by atoms with Gasteiger partial charge in [-0.2, -0.15) is 0 Å². The maximum atomic E-state index is 10.6. The van der Waals surface area contributed by atoms with Crippen molar-refractivity contribution in [2.24, 2.45) is 5.73 Å². The van der Waals surface area contributed by atoms with Crippen molar-refractivity contribution < 1.29 is 19.8 Å². The Morgan fingerprint density at radius 3 is 2.33 bits per heavy atom. The predicted octanol–water partition coefficient (Wildman–Crippen LogP) is 1.07. The van der Waals surface area contributed by atoms with E-state index in [1.165, 1.54) is 18.2 Å². The SMILES string of the molecule is N[C@H](C(=O)O)c1ccc(C(=O)O)cc1I. The van der Waals surface area contributed by atoms with E-state index in [1.807, 2.05) is 22.6 Å². The molecule has 0 amide bonds. The van der Waals surface area contributed by atoms with Crippen molar-refractivity contribution in [2.75, 3.05) is 0 Å². The zero-order valence-electron chi connectivity index (χ0n) is 7.48. The molecule has 0 bridgehead atoms. The molecule has 0 aliphatic carbocycles. The number of aliphatic carboxylic acids is 1. The van der Waals surface area contributed by atoms with Gasteiger partial charge in [0.05, 0.1) is 5.56 Å². The normalized spacial score (nSPS) is 12.1. The van der Waals surface area contributed by atoms with Crippen molar-refractivity contribution >= 4 is 34.5 Å². The van der Waals surface area contributed by atoms with Gasteiger partial charge in [-0.1, -0.05) is 6.07 Å². The molecule has 80 valence electrons. The standard InChI is InChI=1S/C9H8INO4/c10-6-3-4(8(12)13)1-2-5(6)7(11)9(14)15/h1-3,7H,11H2,(H,12,13)(H,14,15)/t7-/m0/s1. The molecule has 0 spiro atoms. The highest BCUT2D eigenvalue weighted by Gasteiger charge is 2.18. The molecule has 0 unspecified atom stereocenters. The predicted molar refractivity (Wildman–Crippen MR) is 60.7 cm³/mol. The van der Waals surface area contributed by atoms with Crippen LogP contribution >= 0.6 is 22.6 Å². The fraction of sp³-hybridized carbons (Fsp3) is 0.111. The van der Waals surface area contributed by atoms with Gasteiger partial charge in [0, 0.05) is 3.57 Å². The molecule has 1 rings (SSSR count). The maximum absolute atomic E-state index is 10.6. The van der Waals surface area contributed by atoms with Crippen LogP contribution in [0.2, 0.25) is 0 Å². The number of carboxylic acid groups (broad SMARTS) is 2. The summed E-state index contributed by atoms with van der Waals surface area (Å²) >= 11 is 1.86. The van der Waals surface area contributed by atoms with Gasteiger partial charge >= 0.3 is 11.9 Å². The highest BCUT2D eigenvalue weighted by atomic mass is 127. The lowest BCUT2D eigenvalue weighted by Gasteiger charge is -2.09. The van der Waals surface area contributed by atoms with Gasteiger partial charge in [0.15, 0.2) is 0 Å². The minimum atomic E-state index is -1.14. The van der Waals surface area contributed by atoms with Crippen molar-refractivity contribution in [3.8, 4) is 0 Å². The summed E-state index contributed by atoms with van der Waals surface area (Å²) in [6.07, 6.45) is 0. The van der Waals surface area contributed by atoms with Crippen LogP contribution in [0.25, 0.3) is 0 Å². The van der Waals surface area contributed by atoms with Gasteiger partial charge in [-0.15, -0.1) is 0 Å². The maximum Gasteiger partial charge on any atom is 0.335 e. The molecule has 0 saturated carbocycles. The smallest absolute Gasteiger partial charge is 0.335 e. The quantitative estimate of drug-likeness (QED) is 0.723. The summed E-state index contributed by atoms with van der Waals surface area (Å²) in [5, 5.41) is 17.4. The van der Waals surface area contributed by atoms with E-state index in [4.69, 9.17) is 15.9 Å². The lowest BCUT2D eigenvalue weighted by molar-refractivity contribution is -0.138. The molecule has 5 nitrogen and oxygen atoms in total. The van der Waals surface area contributed by atoms with E-state index in [9.17, 15) is 9.59 Å². The summed E-state index contributed by atoms with van der Waals surface area (Å²) in [6.45, 7) is 0. The van der Waals surface area contributed by atoms with E-state index in [0.29, 0.717) is 9.13 Å². The number of carboxylic acids is 2. The van der Waals surface area contributed by atoms with Crippen LogP contribution in [0.4, 0.5) is 0 Å². The largest absolute Gasteiger partial charge is 0.480 e. The molecule has 0 fully saturated rings. The molecule has 0 aromatic heterocycles. The summed E-state index contributed by atoms with van der Waals surface area (Å²) in [5.41, 5.74) is 5.94. The van der Waals surface area contributed by atoms with Gasteiger partial charge in [-0.3, -0.25) is 4.79 Å². The van der Waals surface area contributed by atoms with Crippen molar-refractivity contribution in [3.63, 3.8) is 0 Å². The molecule has 15 heavy (non-hydrogen) atoms. The Labute approximate surface area is 99.0 Å². The first-order valence-electron chi connectivity index (χ1n) is 3.94. The number of halogens is 1. The van der Waals surface area contributed by atoms with Gasteiger partial charge in [0.2, 0.25) is 0 Å².